The lowest BCUT2D eigenvalue weighted by molar-refractivity contribution is 0.101. The van der Waals surface area contributed by atoms with Crippen LogP contribution < -0.4 is 5.56 Å². The van der Waals surface area contributed by atoms with Crippen molar-refractivity contribution in [2.45, 2.75) is 6.92 Å². The number of ketones is 1. The minimum atomic E-state index is -0.235. The molecule has 0 aliphatic rings. The SMILES string of the molecule is CC(=O)c1cc2ccccc2n(C)c1=O. The molecule has 2 aromatic rings. The summed E-state index contributed by atoms with van der Waals surface area (Å²) in [4.78, 5) is 23.0. The molecule has 0 radical (unpaired) electrons. The Morgan fingerprint density at radius 2 is 1.93 bits per heavy atom. The minimum absolute atomic E-state index is 0.193. The average molecular weight is 201 g/mol. The molecule has 0 saturated carbocycles. The van der Waals surface area contributed by atoms with Crippen molar-refractivity contribution in [3.63, 3.8) is 0 Å². The van der Waals surface area contributed by atoms with Gasteiger partial charge in [-0.2, -0.15) is 0 Å². The summed E-state index contributed by atoms with van der Waals surface area (Å²) in [5.74, 6) is -0.193. The van der Waals surface area contributed by atoms with E-state index in [-0.39, 0.29) is 16.9 Å². The van der Waals surface area contributed by atoms with Crippen LogP contribution in [0.15, 0.2) is 35.1 Å². The first-order valence-electron chi connectivity index (χ1n) is 4.71. The summed E-state index contributed by atoms with van der Waals surface area (Å²) in [6.45, 7) is 1.41. The summed E-state index contributed by atoms with van der Waals surface area (Å²) in [5.41, 5.74) is 0.852. The number of benzene rings is 1. The molecule has 1 heterocycles. The predicted octanol–water partition coefficient (Wildman–Crippen LogP) is 1.74. The number of hydrogen-bond donors (Lipinski definition) is 0. The van der Waals surface area contributed by atoms with Gasteiger partial charge in [-0.25, -0.2) is 0 Å². The van der Waals surface area contributed by atoms with E-state index in [2.05, 4.69) is 0 Å². The monoisotopic (exact) mass is 201 g/mol. The Morgan fingerprint density at radius 3 is 2.60 bits per heavy atom. The molecular formula is C12H11NO2. The lowest BCUT2D eigenvalue weighted by atomic mass is 10.1. The second-order valence-electron chi connectivity index (χ2n) is 3.54. The summed E-state index contributed by atoms with van der Waals surface area (Å²) in [5, 5.41) is 0.907. The van der Waals surface area contributed by atoms with E-state index in [1.54, 1.807) is 13.1 Å². The van der Waals surface area contributed by atoms with Crippen LogP contribution in [0.4, 0.5) is 0 Å². The minimum Gasteiger partial charge on any atom is -0.311 e. The Labute approximate surface area is 87.0 Å². The van der Waals surface area contributed by atoms with E-state index in [9.17, 15) is 9.59 Å². The van der Waals surface area contributed by atoms with Gasteiger partial charge in [-0.15, -0.1) is 0 Å². The highest BCUT2D eigenvalue weighted by Gasteiger charge is 2.09. The third-order valence-corrected chi connectivity index (χ3v) is 2.51. The average Bonchev–Trinajstić information content (AvgIpc) is 2.23. The topological polar surface area (TPSA) is 39.1 Å². The van der Waals surface area contributed by atoms with E-state index in [1.807, 2.05) is 24.3 Å². The summed E-state index contributed by atoms with van der Waals surface area (Å²) >= 11 is 0. The molecule has 3 nitrogen and oxygen atoms in total. The molecule has 1 aromatic carbocycles. The lowest BCUT2D eigenvalue weighted by Gasteiger charge is -2.06. The molecule has 1 aromatic heterocycles. The first-order valence-corrected chi connectivity index (χ1v) is 4.71. The van der Waals surface area contributed by atoms with Crippen LogP contribution in [0.2, 0.25) is 0 Å². The molecule has 15 heavy (non-hydrogen) atoms. The van der Waals surface area contributed by atoms with Crippen LogP contribution in [0, 0.1) is 0 Å². The summed E-state index contributed by atoms with van der Waals surface area (Å²) in [7, 11) is 1.68. The quantitative estimate of drug-likeness (QED) is 0.659. The van der Waals surface area contributed by atoms with Gasteiger partial charge in [0.2, 0.25) is 0 Å². The second kappa shape index (κ2) is 3.35. The molecule has 0 atom stereocenters. The smallest absolute Gasteiger partial charge is 0.261 e. The van der Waals surface area contributed by atoms with Crippen LogP contribution in [0.25, 0.3) is 10.9 Å². The summed E-state index contributed by atoms with van der Waals surface area (Å²) in [6.07, 6.45) is 0. The largest absolute Gasteiger partial charge is 0.311 e. The fourth-order valence-electron chi connectivity index (χ4n) is 1.67. The zero-order valence-corrected chi connectivity index (χ0v) is 8.65. The number of fused-ring (bicyclic) bond motifs is 1. The van der Waals surface area contributed by atoms with Gasteiger partial charge in [0.05, 0.1) is 11.1 Å². The Bertz CT molecular complexity index is 596. The van der Waals surface area contributed by atoms with E-state index in [0.717, 1.165) is 10.9 Å². The Kier molecular flexibility index (Phi) is 2.15. The molecule has 0 spiro atoms. The highest BCUT2D eigenvalue weighted by atomic mass is 16.1. The maximum absolute atomic E-state index is 11.8. The lowest BCUT2D eigenvalue weighted by Crippen LogP contribution is -2.23. The van der Waals surface area contributed by atoms with Crippen LogP contribution in [0.1, 0.15) is 17.3 Å². The number of nitrogens with zero attached hydrogens (tertiary/aromatic N) is 1. The summed E-state index contributed by atoms with van der Waals surface area (Å²) in [6, 6.07) is 9.16. The molecule has 0 amide bonds. The van der Waals surface area contributed by atoms with Crippen molar-refractivity contribution >= 4 is 16.7 Å². The zero-order chi connectivity index (χ0) is 11.0. The van der Waals surface area contributed by atoms with Crippen LogP contribution in [-0.2, 0) is 7.05 Å². The normalized spacial score (nSPS) is 10.5. The maximum atomic E-state index is 11.8. The fraction of sp³-hybridized carbons (Fsp3) is 0.167. The molecule has 0 fully saturated rings. The van der Waals surface area contributed by atoms with Crippen molar-refractivity contribution in [2.24, 2.45) is 7.05 Å². The molecule has 0 saturated heterocycles. The van der Waals surface area contributed by atoms with Gasteiger partial charge in [0.15, 0.2) is 5.78 Å². The van der Waals surface area contributed by atoms with Gasteiger partial charge in [-0.05, 0) is 24.4 Å². The molecule has 0 bridgehead atoms. The van der Waals surface area contributed by atoms with Crippen molar-refractivity contribution in [2.75, 3.05) is 0 Å². The number of pyridine rings is 1. The highest BCUT2D eigenvalue weighted by molar-refractivity contribution is 5.97. The Morgan fingerprint density at radius 1 is 1.27 bits per heavy atom. The third kappa shape index (κ3) is 1.46. The van der Waals surface area contributed by atoms with Crippen LogP contribution in [0.3, 0.4) is 0 Å². The fourth-order valence-corrected chi connectivity index (χ4v) is 1.67. The van der Waals surface area contributed by atoms with Crippen LogP contribution in [0.5, 0.6) is 0 Å². The van der Waals surface area contributed by atoms with Gasteiger partial charge < -0.3 is 4.57 Å². The van der Waals surface area contributed by atoms with E-state index in [4.69, 9.17) is 0 Å². The standard InChI is InChI=1S/C12H11NO2/c1-8(14)10-7-9-5-3-4-6-11(9)13(2)12(10)15/h3-7H,1-2H3. The molecule has 0 aliphatic carbocycles. The number of carbonyl (C=O) groups excluding carboxylic acids is 1. The molecule has 76 valence electrons. The van der Waals surface area contributed by atoms with Crippen molar-refractivity contribution in [1.82, 2.24) is 4.57 Å². The number of rotatable bonds is 1. The Hall–Kier alpha value is -1.90. The van der Waals surface area contributed by atoms with Crippen LogP contribution >= 0.6 is 0 Å². The number of carbonyl (C=O) groups is 1. The molecule has 3 heteroatoms. The predicted molar refractivity (Wildman–Crippen MR) is 59.2 cm³/mol. The van der Waals surface area contributed by atoms with E-state index in [0.29, 0.717) is 0 Å². The number of para-hydroxylation sites is 1. The van der Waals surface area contributed by atoms with E-state index < -0.39 is 0 Å². The second-order valence-corrected chi connectivity index (χ2v) is 3.54. The Balaban J connectivity index is 2.95. The van der Waals surface area contributed by atoms with Crippen molar-refractivity contribution < 1.29 is 4.79 Å². The molecule has 0 unspecified atom stereocenters. The van der Waals surface area contributed by atoms with Gasteiger partial charge in [0.25, 0.3) is 5.56 Å². The van der Waals surface area contributed by atoms with Crippen molar-refractivity contribution in [3.8, 4) is 0 Å². The van der Waals surface area contributed by atoms with Crippen molar-refractivity contribution in [3.05, 3.63) is 46.2 Å². The molecule has 2 rings (SSSR count). The third-order valence-electron chi connectivity index (χ3n) is 2.51. The number of aromatic nitrogens is 1. The van der Waals surface area contributed by atoms with Crippen LogP contribution in [-0.4, -0.2) is 10.4 Å². The molecule has 0 N–H and O–H groups in total. The first kappa shape index (κ1) is 9.65. The number of hydrogen-bond acceptors (Lipinski definition) is 2. The van der Waals surface area contributed by atoms with Gasteiger partial charge >= 0.3 is 0 Å². The van der Waals surface area contributed by atoms with Crippen molar-refractivity contribution in [1.29, 1.82) is 0 Å². The van der Waals surface area contributed by atoms with E-state index in [1.165, 1.54) is 11.5 Å². The van der Waals surface area contributed by atoms with Gasteiger partial charge in [0, 0.05) is 7.05 Å². The van der Waals surface area contributed by atoms with Gasteiger partial charge in [0.1, 0.15) is 0 Å². The first-order chi connectivity index (χ1) is 7.11. The summed E-state index contributed by atoms with van der Waals surface area (Å²) < 4.78 is 1.51. The highest BCUT2D eigenvalue weighted by Crippen LogP contribution is 2.12. The van der Waals surface area contributed by atoms with Gasteiger partial charge in [-0.1, -0.05) is 18.2 Å². The maximum Gasteiger partial charge on any atom is 0.261 e. The zero-order valence-electron chi connectivity index (χ0n) is 8.65. The molecule has 0 aliphatic heterocycles. The number of Topliss-reactive ketones (excluding diaryl/α,β-unsaturated/α-hetero) is 1. The molecular weight excluding hydrogens is 190 g/mol. The number of aryl methyl sites for hydroxylation is 1. The van der Waals surface area contributed by atoms with E-state index >= 15 is 0 Å². The van der Waals surface area contributed by atoms with Gasteiger partial charge in [-0.3, -0.25) is 9.59 Å².